The van der Waals surface area contributed by atoms with Gasteiger partial charge in [-0.2, -0.15) is 5.26 Å². The molecule has 0 saturated heterocycles. The number of para-hydroxylation sites is 1. The van der Waals surface area contributed by atoms with E-state index in [0.717, 1.165) is 22.0 Å². The second-order valence-electron chi connectivity index (χ2n) is 5.45. The van der Waals surface area contributed by atoms with Gasteiger partial charge in [-0.15, -0.1) is 0 Å². The summed E-state index contributed by atoms with van der Waals surface area (Å²) in [4.78, 5) is 15.4. The lowest BCUT2D eigenvalue weighted by molar-refractivity contribution is -0.123. The summed E-state index contributed by atoms with van der Waals surface area (Å²) in [6, 6.07) is 19.7. The number of nitrogens with one attached hydrogen (secondary N) is 2. The van der Waals surface area contributed by atoms with Crippen LogP contribution in [0.5, 0.6) is 0 Å². The van der Waals surface area contributed by atoms with Gasteiger partial charge in [0.2, 0.25) is 5.91 Å². The van der Waals surface area contributed by atoms with Gasteiger partial charge in [0.25, 0.3) is 0 Å². The molecule has 0 aliphatic rings. The Bertz CT molecular complexity index is 846. The van der Waals surface area contributed by atoms with Crippen molar-refractivity contribution < 1.29 is 4.79 Å². The topological polar surface area (TPSA) is 68.7 Å². The number of fused-ring (bicyclic) bond motifs is 1. The van der Waals surface area contributed by atoms with E-state index in [1.165, 1.54) is 0 Å². The zero-order valence-electron chi connectivity index (χ0n) is 12.6. The SMILES string of the molecule is N#CC(Cc1c[nH]c2ccccc12)C(=O)NCc1ccccc1. The smallest absolute Gasteiger partial charge is 0.237 e. The number of aromatic amines is 1. The molecule has 2 aromatic carbocycles. The van der Waals surface area contributed by atoms with Crippen LogP contribution in [0.3, 0.4) is 0 Å². The van der Waals surface area contributed by atoms with E-state index < -0.39 is 5.92 Å². The first-order chi connectivity index (χ1) is 11.3. The predicted octanol–water partition coefficient (Wildman–Crippen LogP) is 3.17. The van der Waals surface area contributed by atoms with Gasteiger partial charge in [0.1, 0.15) is 5.92 Å². The lowest BCUT2D eigenvalue weighted by atomic mass is 9.99. The van der Waals surface area contributed by atoms with Crippen molar-refractivity contribution >= 4 is 16.8 Å². The zero-order chi connectivity index (χ0) is 16.1. The monoisotopic (exact) mass is 303 g/mol. The maximum absolute atomic E-state index is 12.3. The minimum Gasteiger partial charge on any atom is -0.361 e. The van der Waals surface area contributed by atoms with Gasteiger partial charge >= 0.3 is 0 Å². The molecule has 1 amide bonds. The van der Waals surface area contributed by atoms with Crippen molar-refractivity contribution in [1.29, 1.82) is 5.26 Å². The van der Waals surface area contributed by atoms with Gasteiger partial charge in [-0.1, -0.05) is 48.5 Å². The number of hydrogen-bond acceptors (Lipinski definition) is 2. The standard InChI is InChI=1S/C19H17N3O/c20-11-15(19(23)22-12-14-6-2-1-3-7-14)10-16-13-21-18-9-5-4-8-17(16)18/h1-9,13,15,21H,10,12H2,(H,22,23). The first kappa shape index (κ1) is 14.9. The van der Waals surface area contributed by atoms with Crippen molar-refractivity contribution in [2.24, 2.45) is 5.92 Å². The van der Waals surface area contributed by atoms with E-state index in [0.29, 0.717) is 13.0 Å². The highest BCUT2D eigenvalue weighted by atomic mass is 16.1. The molecule has 0 aliphatic heterocycles. The molecule has 3 rings (SSSR count). The largest absolute Gasteiger partial charge is 0.361 e. The number of H-pyrrole nitrogens is 1. The number of carbonyl (C=O) groups is 1. The van der Waals surface area contributed by atoms with Crippen LogP contribution in [0.4, 0.5) is 0 Å². The van der Waals surface area contributed by atoms with Gasteiger partial charge in [0, 0.05) is 23.6 Å². The lowest BCUT2D eigenvalue weighted by Crippen LogP contribution is -2.30. The van der Waals surface area contributed by atoms with Gasteiger partial charge in [-0.3, -0.25) is 4.79 Å². The lowest BCUT2D eigenvalue weighted by Gasteiger charge is -2.10. The van der Waals surface area contributed by atoms with Crippen molar-refractivity contribution in [3.63, 3.8) is 0 Å². The summed E-state index contributed by atoms with van der Waals surface area (Å²) in [7, 11) is 0. The van der Waals surface area contributed by atoms with Crippen molar-refractivity contribution in [3.8, 4) is 6.07 Å². The average molecular weight is 303 g/mol. The number of hydrogen-bond donors (Lipinski definition) is 2. The van der Waals surface area contributed by atoms with Gasteiger partial charge in [-0.25, -0.2) is 0 Å². The normalized spacial score (nSPS) is 11.8. The number of nitrogens with zero attached hydrogens (tertiary/aromatic N) is 1. The second-order valence-corrected chi connectivity index (χ2v) is 5.45. The summed E-state index contributed by atoms with van der Waals surface area (Å²) in [5, 5.41) is 13.2. The minimum atomic E-state index is -0.696. The third-order valence-corrected chi connectivity index (χ3v) is 3.88. The van der Waals surface area contributed by atoms with Crippen LogP contribution in [0.15, 0.2) is 60.8 Å². The number of amides is 1. The van der Waals surface area contributed by atoms with Crippen LogP contribution in [0.25, 0.3) is 10.9 Å². The molecule has 0 radical (unpaired) electrons. The van der Waals surface area contributed by atoms with Crippen LogP contribution < -0.4 is 5.32 Å². The van der Waals surface area contributed by atoms with E-state index in [-0.39, 0.29) is 5.91 Å². The fourth-order valence-electron chi connectivity index (χ4n) is 2.63. The molecular weight excluding hydrogens is 286 g/mol. The Kier molecular flexibility index (Phi) is 4.39. The van der Waals surface area contributed by atoms with Crippen molar-refractivity contribution in [3.05, 3.63) is 71.9 Å². The Labute approximate surface area is 134 Å². The van der Waals surface area contributed by atoms with Crippen molar-refractivity contribution in [1.82, 2.24) is 10.3 Å². The van der Waals surface area contributed by atoms with Crippen LogP contribution in [0, 0.1) is 17.2 Å². The second kappa shape index (κ2) is 6.80. The molecular formula is C19H17N3O. The van der Waals surface area contributed by atoms with E-state index in [4.69, 9.17) is 0 Å². The molecule has 23 heavy (non-hydrogen) atoms. The summed E-state index contributed by atoms with van der Waals surface area (Å²) in [6.07, 6.45) is 2.28. The van der Waals surface area contributed by atoms with E-state index in [2.05, 4.69) is 16.4 Å². The quantitative estimate of drug-likeness (QED) is 0.760. The minimum absolute atomic E-state index is 0.235. The van der Waals surface area contributed by atoms with Crippen LogP contribution >= 0.6 is 0 Å². The third kappa shape index (κ3) is 3.41. The Morgan fingerprint density at radius 3 is 2.65 bits per heavy atom. The highest BCUT2D eigenvalue weighted by molar-refractivity contribution is 5.85. The molecule has 0 aliphatic carbocycles. The fourth-order valence-corrected chi connectivity index (χ4v) is 2.63. The molecule has 4 heteroatoms. The Hall–Kier alpha value is -3.06. The van der Waals surface area contributed by atoms with E-state index in [9.17, 15) is 10.1 Å². The number of carbonyl (C=O) groups excluding carboxylic acids is 1. The highest BCUT2D eigenvalue weighted by Crippen LogP contribution is 2.20. The molecule has 1 aromatic heterocycles. The Morgan fingerprint density at radius 1 is 1.13 bits per heavy atom. The van der Waals surface area contributed by atoms with Crippen LogP contribution in [-0.2, 0) is 17.8 Å². The zero-order valence-corrected chi connectivity index (χ0v) is 12.6. The van der Waals surface area contributed by atoms with Gasteiger partial charge in [0.05, 0.1) is 6.07 Å². The molecule has 4 nitrogen and oxygen atoms in total. The van der Waals surface area contributed by atoms with Crippen LogP contribution in [0.2, 0.25) is 0 Å². The first-order valence-corrected chi connectivity index (χ1v) is 7.54. The number of aromatic nitrogens is 1. The Balaban J connectivity index is 1.68. The molecule has 0 fully saturated rings. The summed E-state index contributed by atoms with van der Waals surface area (Å²) in [5.74, 6) is -0.931. The molecule has 1 atom stereocenters. The van der Waals surface area contributed by atoms with Gasteiger partial charge in [-0.05, 0) is 23.6 Å². The fraction of sp³-hybridized carbons (Fsp3) is 0.158. The van der Waals surface area contributed by atoms with Crippen molar-refractivity contribution in [2.45, 2.75) is 13.0 Å². The van der Waals surface area contributed by atoms with E-state index >= 15 is 0 Å². The molecule has 0 saturated carbocycles. The number of benzene rings is 2. The third-order valence-electron chi connectivity index (χ3n) is 3.88. The summed E-state index contributed by atoms with van der Waals surface area (Å²) in [6.45, 7) is 0.436. The maximum Gasteiger partial charge on any atom is 0.237 e. The van der Waals surface area contributed by atoms with Crippen LogP contribution in [-0.4, -0.2) is 10.9 Å². The Morgan fingerprint density at radius 2 is 1.87 bits per heavy atom. The molecule has 3 aromatic rings. The number of nitriles is 1. The molecule has 0 spiro atoms. The van der Waals surface area contributed by atoms with E-state index in [1.807, 2.05) is 60.8 Å². The predicted molar refractivity (Wildman–Crippen MR) is 89.4 cm³/mol. The van der Waals surface area contributed by atoms with Gasteiger partial charge in [0.15, 0.2) is 0 Å². The van der Waals surface area contributed by atoms with E-state index in [1.54, 1.807) is 0 Å². The summed E-state index contributed by atoms with van der Waals surface area (Å²) in [5.41, 5.74) is 3.02. The maximum atomic E-state index is 12.3. The highest BCUT2D eigenvalue weighted by Gasteiger charge is 2.19. The first-order valence-electron chi connectivity index (χ1n) is 7.54. The molecule has 0 bridgehead atoms. The molecule has 1 unspecified atom stereocenters. The number of rotatable bonds is 5. The van der Waals surface area contributed by atoms with Crippen LogP contribution in [0.1, 0.15) is 11.1 Å². The average Bonchev–Trinajstić information content (AvgIpc) is 3.01. The molecule has 2 N–H and O–H groups in total. The van der Waals surface area contributed by atoms with Crippen molar-refractivity contribution in [2.75, 3.05) is 0 Å². The van der Waals surface area contributed by atoms with Gasteiger partial charge < -0.3 is 10.3 Å². The molecule has 1 heterocycles. The molecule has 114 valence electrons. The summed E-state index contributed by atoms with van der Waals surface area (Å²) < 4.78 is 0. The summed E-state index contributed by atoms with van der Waals surface area (Å²) >= 11 is 0.